The first-order chi connectivity index (χ1) is 6.29. The van der Waals surface area contributed by atoms with Gasteiger partial charge >= 0.3 is 0 Å². The second-order valence-corrected chi connectivity index (χ2v) is 4.28. The summed E-state index contributed by atoms with van der Waals surface area (Å²) in [6.07, 6.45) is 8.18. The number of hydrogen-bond acceptors (Lipinski definition) is 1. The van der Waals surface area contributed by atoms with Gasteiger partial charge in [-0.2, -0.15) is 0 Å². The molecule has 0 aliphatic heterocycles. The number of hydrogen-bond donors (Lipinski definition) is 0. The molecule has 2 atom stereocenters. The molecule has 0 amide bonds. The van der Waals surface area contributed by atoms with Crippen LogP contribution < -0.4 is 0 Å². The smallest absolute Gasteiger partial charge is 0.136 e. The molecule has 0 saturated heterocycles. The minimum absolute atomic E-state index is 0.427. The molecule has 1 aliphatic carbocycles. The van der Waals surface area contributed by atoms with Gasteiger partial charge in [0, 0.05) is 12.3 Å². The summed E-state index contributed by atoms with van der Waals surface area (Å²) in [5, 5.41) is 0. The van der Waals surface area contributed by atoms with Crippen molar-refractivity contribution in [2.45, 2.75) is 58.8 Å². The van der Waals surface area contributed by atoms with Crippen molar-refractivity contribution in [2.75, 3.05) is 0 Å². The molecule has 1 heteroatoms. The molecule has 13 heavy (non-hydrogen) atoms. The van der Waals surface area contributed by atoms with E-state index in [0.29, 0.717) is 17.6 Å². The summed E-state index contributed by atoms with van der Waals surface area (Å²) >= 11 is 0. The van der Waals surface area contributed by atoms with E-state index >= 15 is 0 Å². The zero-order chi connectivity index (χ0) is 9.68. The number of Topliss-reactive ketones (excluding diaryl/α,β-unsaturated/α-hetero) is 1. The van der Waals surface area contributed by atoms with Gasteiger partial charge in [0.05, 0.1) is 0 Å². The van der Waals surface area contributed by atoms with Crippen molar-refractivity contribution in [3.05, 3.63) is 0 Å². The normalized spacial score (nSPS) is 28.3. The largest absolute Gasteiger partial charge is 0.299 e. The quantitative estimate of drug-likeness (QED) is 0.594. The van der Waals surface area contributed by atoms with Gasteiger partial charge in [-0.1, -0.05) is 39.5 Å². The summed E-state index contributed by atoms with van der Waals surface area (Å²) < 4.78 is 0. The van der Waals surface area contributed by atoms with Crippen LogP contribution in [0, 0.1) is 11.8 Å². The van der Waals surface area contributed by atoms with E-state index in [9.17, 15) is 4.79 Å². The monoisotopic (exact) mass is 182 g/mol. The average molecular weight is 182 g/mol. The van der Waals surface area contributed by atoms with Crippen LogP contribution >= 0.6 is 0 Å². The molecule has 0 aromatic rings. The van der Waals surface area contributed by atoms with E-state index in [1.165, 1.54) is 25.7 Å². The molecule has 0 N–H and O–H groups in total. The fraction of sp³-hybridized carbons (Fsp3) is 0.917. The first-order valence-corrected chi connectivity index (χ1v) is 5.82. The summed E-state index contributed by atoms with van der Waals surface area (Å²) in [6, 6.07) is 0. The van der Waals surface area contributed by atoms with Gasteiger partial charge in [-0.3, -0.25) is 4.79 Å². The maximum absolute atomic E-state index is 11.5. The molecular weight excluding hydrogens is 160 g/mol. The van der Waals surface area contributed by atoms with E-state index in [4.69, 9.17) is 0 Å². The summed E-state index contributed by atoms with van der Waals surface area (Å²) in [6.45, 7) is 4.43. The van der Waals surface area contributed by atoms with Gasteiger partial charge in [-0.05, 0) is 18.8 Å². The molecular formula is C12H22O. The van der Waals surface area contributed by atoms with Crippen molar-refractivity contribution in [1.29, 1.82) is 0 Å². The maximum Gasteiger partial charge on any atom is 0.136 e. The number of ketones is 1. The highest BCUT2D eigenvalue weighted by Crippen LogP contribution is 2.34. The minimum Gasteiger partial charge on any atom is -0.299 e. The lowest BCUT2D eigenvalue weighted by molar-refractivity contribution is -0.121. The van der Waals surface area contributed by atoms with Gasteiger partial charge in [-0.15, -0.1) is 0 Å². The van der Waals surface area contributed by atoms with Crippen LogP contribution in [0.25, 0.3) is 0 Å². The first-order valence-electron chi connectivity index (χ1n) is 5.82. The highest BCUT2D eigenvalue weighted by atomic mass is 16.1. The molecule has 0 bridgehead atoms. The highest BCUT2D eigenvalue weighted by molar-refractivity contribution is 5.83. The van der Waals surface area contributed by atoms with Crippen LogP contribution in [-0.2, 0) is 4.79 Å². The third-order valence-corrected chi connectivity index (χ3v) is 3.39. The van der Waals surface area contributed by atoms with Gasteiger partial charge < -0.3 is 0 Å². The molecule has 0 radical (unpaired) electrons. The summed E-state index contributed by atoms with van der Waals surface area (Å²) in [7, 11) is 0. The second-order valence-electron chi connectivity index (χ2n) is 4.28. The highest BCUT2D eigenvalue weighted by Gasteiger charge is 2.32. The Balaban J connectivity index is 2.31. The molecule has 1 saturated carbocycles. The Morgan fingerprint density at radius 1 is 1.31 bits per heavy atom. The number of rotatable bonds is 5. The van der Waals surface area contributed by atoms with Crippen molar-refractivity contribution in [3.63, 3.8) is 0 Å². The third kappa shape index (κ3) is 2.82. The minimum atomic E-state index is 0.427. The number of carbonyl (C=O) groups is 1. The van der Waals surface area contributed by atoms with Gasteiger partial charge in [0.1, 0.15) is 5.78 Å². The zero-order valence-corrected chi connectivity index (χ0v) is 9.01. The molecule has 0 aromatic heterocycles. The van der Waals surface area contributed by atoms with Crippen LogP contribution in [0.2, 0.25) is 0 Å². The Bertz CT molecular complexity index is 163. The van der Waals surface area contributed by atoms with E-state index in [0.717, 1.165) is 19.3 Å². The third-order valence-electron chi connectivity index (χ3n) is 3.39. The van der Waals surface area contributed by atoms with Crippen LogP contribution in [0.3, 0.4) is 0 Å². The molecule has 1 rings (SSSR count). The summed E-state index contributed by atoms with van der Waals surface area (Å²) in [4.78, 5) is 11.5. The molecule has 0 aromatic carbocycles. The van der Waals surface area contributed by atoms with Crippen LogP contribution in [0.4, 0.5) is 0 Å². The van der Waals surface area contributed by atoms with Crippen LogP contribution in [0.5, 0.6) is 0 Å². The Labute approximate surface area is 81.9 Å². The number of carbonyl (C=O) groups excluding carboxylic acids is 1. The lowest BCUT2D eigenvalue weighted by Gasteiger charge is -2.15. The van der Waals surface area contributed by atoms with Crippen molar-refractivity contribution in [2.24, 2.45) is 11.8 Å². The van der Waals surface area contributed by atoms with Crippen LogP contribution in [0.15, 0.2) is 0 Å². The average Bonchev–Trinajstić information content (AvgIpc) is 2.48. The Hall–Kier alpha value is -0.330. The van der Waals surface area contributed by atoms with Crippen molar-refractivity contribution in [3.8, 4) is 0 Å². The molecule has 0 unspecified atom stereocenters. The predicted octanol–water partition coefficient (Wildman–Crippen LogP) is 3.57. The SMILES string of the molecule is CCCCC[C@@H]1C(=O)CC[C@@H]1CC. The van der Waals surface area contributed by atoms with E-state index in [1.54, 1.807) is 0 Å². The topological polar surface area (TPSA) is 17.1 Å². The second kappa shape index (κ2) is 5.41. The fourth-order valence-electron chi connectivity index (χ4n) is 2.48. The predicted molar refractivity (Wildman–Crippen MR) is 55.7 cm³/mol. The molecule has 1 nitrogen and oxygen atoms in total. The zero-order valence-electron chi connectivity index (χ0n) is 9.01. The van der Waals surface area contributed by atoms with Crippen molar-refractivity contribution < 1.29 is 4.79 Å². The molecule has 1 fully saturated rings. The fourth-order valence-corrected chi connectivity index (χ4v) is 2.48. The Morgan fingerprint density at radius 3 is 2.69 bits per heavy atom. The van der Waals surface area contributed by atoms with Gasteiger partial charge in [0.25, 0.3) is 0 Å². The standard InChI is InChI=1S/C12H22O/c1-3-5-6-7-11-10(4-2)8-9-12(11)13/h10-11H,3-9H2,1-2H3/t10-,11-/m0/s1. The van der Waals surface area contributed by atoms with E-state index < -0.39 is 0 Å². The first kappa shape index (κ1) is 10.7. The molecule has 0 heterocycles. The maximum atomic E-state index is 11.5. The lowest BCUT2D eigenvalue weighted by Crippen LogP contribution is -2.13. The molecule has 0 spiro atoms. The Kier molecular flexibility index (Phi) is 4.47. The molecule has 1 aliphatic rings. The van der Waals surface area contributed by atoms with Crippen molar-refractivity contribution >= 4 is 5.78 Å². The van der Waals surface area contributed by atoms with E-state index in [1.807, 2.05) is 0 Å². The van der Waals surface area contributed by atoms with Crippen LogP contribution in [0.1, 0.15) is 58.8 Å². The Morgan fingerprint density at radius 2 is 2.08 bits per heavy atom. The summed E-state index contributed by atoms with van der Waals surface area (Å²) in [5.41, 5.74) is 0. The lowest BCUT2D eigenvalue weighted by atomic mass is 9.88. The van der Waals surface area contributed by atoms with Gasteiger partial charge in [0.15, 0.2) is 0 Å². The van der Waals surface area contributed by atoms with E-state index in [-0.39, 0.29) is 0 Å². The van der Waals surface area contributed by atoms with Crippen LogP contribution in [-0.4, -0.2) is 5.78 Å². The number of unbranched alkanes of at least 4 members (excludes halogenated alkanes) is 2. The van der Waals surface area contributed by atoms with Crippen molar-refractivity contribution in [1.82, 2.24) is 0 Å². The molecule has 76 valence electrons. The van der Waals surface area contributed by atoms with E-state index in [2.05, 4.69) is 13.8 Å². The summed E-state index contributed by atoms with van der Waals surface area (Å²) in [5.74, 6) is 1.68. The van der Waals surface area contributed by atoms with Gasteiger partial charge in [0.2, 0.25) is 0 Å². The van der Waals surface area contributed by atoms with Gasteiger partial charge in [-0.25, -0.2) is 0 Å².